The van der Waals surface area contributed by atoms with Gasteiger partial charge in [-0.3, -0.25) is 4.79 Å². The highest BCUT2D eigenvalue weighted by atomic mass is 16.5. The van der Waals surface area contributed by atoms with E-state index in [1.807, 2.05) is 12.1 Å². The maximum Gasteiger partial charge on any atom is 0.314 e. The largest absolute Gasteiger partial charge is 0.497 e. The van der Waals surface area contributed by atoms with Gasteiger partial charge in [0, 0.05) is 31.3 Å². The minimum atomic E-state index is -0.473. The number of hydrogen-bond donors (Lipinski definition) is 2. The zero-order chi connectivity index (χ0) is 16.8. The number of benzene rings is 1. The molecule has 3 N–H and O–H groups in total. The van der Waals surface area contributed by atoms with Crippen molar-refractivity contribution in [2.75, 3.05) is 27.3 Å². The van der Waals surface area contributed by atoms with Crippen LogP contribution in [0.1, 0.15) is 18.4 Å². The van der Waals surface area contributed by atoms with Gasteiger partial charge >= 0.3 is 6.03 Å². The molecule has 23 heavy (non-hydrogen) atoms. The predicted molar refractivity (Wildman–Crippen MR) is 85.3 cm³/mol. The summed E-state index contributed by atoms with van der Waals surface area (Å²) in [7, 11) is 3.16. The van der Waals surface area contributed by atoms with Crippen molar-refractivity contribution in [2.24, 2.45) is 11.7 Å². The number of methoxy groups -OCH3 is 2. The van der Waals surface area contributed by atoms with Gasteiger partial charge < -0.3 is 25.4 Å². The summed E-state index contributed by atoms with van der Waals surface area (Å²) in [4.78, 5) is 25.1. The molecule has 1 aromatic carbocycles. The Hall–Kier alpha value is -2.44. The summed E-state index contributed by atoms with van der Waals surface area (Å²) in [5.41, 5.74) is 6.15. The van der Waals surface area contributed by atoms with Gasteiger partial charge in [0.15, 0.2) is 0 Å². The number of urea groups is 1. The molecule has 0 saturated carbocycles. The minimum Gasteiger partial charge on any atom is -0.497 e. The van der Waals surface area contributed by atoms with Gasteiger partial charge in [-0.05, 0) is 25.0 Å². The molecule has 1 unspecified atom stereocenters. The highest BCUT2D eigenvalue weighted by molar-refractivity contribution is 5.80. The number of rotatable bonds is 5. The average molecular weight is 321 g/mol. The number of likely N-dealkylation sites (tertiary alicyclic amines) is 1. The van der Waals surface area contributed by atoms with Crippen LogP contribution in [0.4, 0.5) is 4.79 Å². The number of nitrogens with one attached hydrogen (secondary N) is 1. The van der Waals surface area contributed by atoms with Gasteiger partial charge in [0.05, 0.1) is 20.1 Å². The first kappa shape index (κ1) is 16.9. The zero-order valence-electron chi connectivity index (χ0n) is 13.5. The summed E-state index contributed by atoms with van der Waals surface area (Å²) < 4.78 is 10.5. The van der Waals surface area contributed by atoms with Gasteiger partial charge in [0.25, 0.3) is 0 Å². The third-order valence-corrected chi connectivity index (χ3v) is 4.05. The second kappa shape index (κ2) is 7.71. The van der Waals surface area contributed by atoms with Crippen LogP contribution >= 0.6 is 0 Å². The van der Waals surface area contributed by atoms with Crippen LogP contribution in [-0.4, -0.2) is 44.1 Å². The van der Waals surface area contributed by atoms with Crippen LogP contribution in [0.15, 0.2) is 18.2 Å². The number of nitrogens with zero attached hydrogens (tertiary/aromatic N) is 1. The van der Waals surface area contributed by atoms with Crippen molar-refractivity contribution in [3.8, 4) is 11.5 Å². The van der Waals surface area contributed by atoms with E-state index in [0.717, 1.165) is 18.4 Å². The molecule has 2 rings (SSSR count). The first-order chi connectivity index (χ1) is 11.0. The Morgan fingerprint density at radius 2 is 2.13 bits per heavy atom. The lowest BCUT2D eigenvalue weighted by atomic mass is 9.97. The fourth-order valence-electron chi connectivity index (χ4n) is 2.72. The average Bonchev–Trinajstić information content (AvgIpc) is 2.59. The Morgan fingerprint density at radius 3 is 2.78 bits per heavy atom. The molecule has 0 radical (unpaired) electrons. The molecule has 0 spiro atoms. The zero-order valence-corrected chi connectivity index (χ0v) is 13.5. The van der Waals surface area contributed by atoms with Crippen molar-refractivity contribution in [3.63, 3.8) is 0 Å². The Balaban J connectivity index is 1.95. The summed E-state index contributed by atoms with van der Waals surface area (Å²) in [6, 6.07) is 4.98. The molecule has 1 fully saturated rings. The second-order valence-electron chi connectivity index (χ2n) is 5.52. The van der Waals surface area contributed by atoms with Gasteiger partial charge in [-0.25, -0.2) is 4.79 Å². The van der Waals surface area contributed by atoms with Crippen molar-refractivity contribution in [2.45, 2.75) is 19.4 Å². The standard InChI is InChI=1S/C16H23N3O4/c1-22-13-6-5-11(14(8-13)23-2)9-18-15(20)12-4-3-7-19(10-12)16(17)21/h5-6,8,12H,3-4,7,9-10H2,1-2H3,(H2,17,21)(H,18,20). The van der Waals surface area contributed by atoms with E-state index < -0.39 is 6.03 Å². The summed E-state index contributed by atoms with van der Waals surface area (Å²) in [6.45, 7) is 1.35. The van der Waals surface area contributed by atoms with E-state index in [0.29, 0.717) is 31.1 Å². The fraction of sp³-hybridized carbons (Fsp3) is 0.500. The molecule has 0 bridgehead atoms. The highest BCUT2D eigenvalue weighted by Crippen LogP contribution is 2.24. The molecule has 1 aromatic rings. The number of carbonyl (C=O) groups excluding carboxylic acids is 2. The fourth-order valence-corrected chi connectivity index (χ4v) is 2.72. The smallest absolute Gasteiger partial charge is 0.314 e. The van der Waals surface area contributed by atoms with E-state index >= 15 is 0 Å². The number of piperidine rings is 1. The van der Waals surface area contributed by atoms with Crippen LogP contribution in [0.2, 0.25) is 0 Å². The first-order valence-electron chi connectivity index (χ1n) is 7.58. The summed E-state index contributed by atoms with van der Waals surface area (Å²) in [6.07, 6.45) is 1.54. The predicted octanol–water partition coefficient (Wildman–Crippen LogP) is 1.11. The Bertz CT molecular complexity index is 576. The molecule has 1 atom stereocenters. The number of hydrogen-bond acceptors (Lipinski definition) is 4. The third-order valence-electron chi connectivity index (χ3n) is 4.05. The van der Waals surface area contributed by atoms with Crippen LogP contribution in [0.5, 0.6) is 11.5 Å². The topological polar surface area (TPSA) is 93.9 Å². The van der Waals surface area contributed by atoms with E-state index in [4.69, 9.17) is 15.2 Å². The third kappa shape index (κ3) is 4.28. The van der Waals surface area contributed by atoms with Crippen molar-refractivity contribution in [1.82, 2.24) is 10.2 Å². The van der Waals surface area contributed by atoms with Crippen LogP contribution in [0, 0.1) is 5.92 Å². The lowest BCUT2D eigenvalue weighted by molar-refractivity contribution is -0.126. The van der Waals surface area contributed by atoms with Crippen LogP contribution in [0.25, 0.3) is 0 Å². The van der Waals surface area contributed by atoms with Crippen LogP contribution in [-0.2, 0) is 11.3 Å². The molecule has 1 aliphatic rings. The van der Waals surface area contributed by atoms with Crippen molar-refractivity contribution < 1.29 is 19.1 Å². The van der Waals surface area contributed by atoms with Crippen LogP contribution in [0.3, 0.4) is 0 Å². The molecule has 3 amide bonds. The molecule has 0 aliphatic carbocycles. The van der Waals surface area contributed by atoms with Crippen molar-refractivity contribution in [1.29, 1.82) is 0 Å². The van der Waals surface area contributed by atoms with E-state index in [9.17, 15) is 9.59 Å². The summed E-state index contributed by atoms with van der Waals surface area (Å²) in [5, 5.41) is 2.90. The van der Waals surface area contributed by atoms with Crippen LogP contribution < -0.4 is 20.5 Å². The number of nitrogens with two attached hydrogens (primary N) is 1. The molecule has 7 heteroatoms. The number of amides is 3. The van der Waals surface area contributed by atoms with E-state index in [-0.39, 0.29) is 11.8 Å². The number of primary amides is 1. The Morgan fingerprint density at radius 1 is 1.35 bits per heavy atom. The van der Waals surface area contributed by atoms with E-state index in [1.165, 1.54) is 4.90 Å². The van der Waals surface area contributed by atoms with Gasteiger partial charge in [-0.2, -0.15) is 0 Å². The molecule has 1 saturated heterocycles. The highest BCUT2D eigenvalue weighted by Gasteiger charge is 2.27. The maximum absolute atomic E-state index is 12.3. The summed E-state index contributed by atoms with van der Waals surface area (Å²) >= 11 is 0. The van der Waals surface area contributed by atoms with Gasteiger partial charge in [0.2, 0.25) is 5.91 Å². The molecule has 0 aromatic heterocycles. The lowest BCUT2D eigenvalue weighted by Crippen LogP contribution is -2.47. The molecular formula is C16H23N3O4. The molecule has 126 valence electrons. The number of ether oxygens (including phenoxy) is 2. The maximum atomic E-state index is 12.3. The molecule has 1 aliphatic heterocycles. The lowest BCUT2D eigenvalue weighted by Gasteiger charge is -2.30. The summed E-state index contributed by atoms with van der Waals surface area (Å²) in [5.74, 6) is 1.06. The quantitative estimate of drug-likeness (QED) is 0.849. The first-order valence-corrected chi connectivity index (χ1v) is 7.58. The molecule has 1 heterocycles. The SMILES string of the molecule is COc1ccc(CNC(=O)C2CCCN(C(N)=O)C2)c(OC)c1. The second-order valence-corrected chi connectivity index (χ2v) is 5.52. The Kier molecular flexibility index (Phi) is 5.67. The normalized spacial score (nSPS) is 17.5. The van der Waals surface area contributed by atoms with Gasteiger partial charge in [-0.15, -0.1) is 0 Å². The Labute approximate surface area is 135 Å². The van der Waals surface area contributed by atoms with Crippen molar-refractivity contribution >= 4 is 11.9 Å². The molecule has 7 nitrogen and oxygen atoms in total. The van der Waals surface area contributed by atoms with E-state index in [1.54, 1.807) is 20.3 Å². The molecular weight excluding hydrogens is 298 g/mol. The number of carbonyl (C=O) groups is 2. The van der Waals surface area contributed by atoms with Gasteiger partial charge in [-0.1, -0.05) is 0 Å². The van der Waals surface area contributed by atoms with Crippen molar-refractivity contribution in [3.05, 3.63) is 23.8 Å². The monoisotopic (exact) mass is 321 g/mol. The van der Waals surface area contributed by atoms with E-state index in [2.05, 4.69) is 5.32 Å². The van der Waals surface area contributed by atoms with Gasteiger partial charge in [0.1, 0.15) is 11.5 Å². The minimum absolute atomic E-state index is 0.0752.